The van der Waals surface area contributed by atoms with Gasteiger partial charge in [0, 0.05) is 62.1 Å². The van der Waals surface area contributed by atoms with Gasteiger partial charge in [0.2, 0.25) is 17.2 Å². The quantitative estimate of drug-likeness (QED) is 0.348. The zero-order chi connectivity index (χ0) is 23.5. The minimum absolute atomic E-state index is 0.226. The van der Waals surface area contributed by atoms with Gasteiger partial charge in [-0.3, -0.25) is 9.54 Å². The first-order valence-electron chi connectivity index (χ1n) is 11.0. The van der Waals surface area contributed by atoms with Crippen molar-refractivity contribution in [1.29, 1.82) is 0 Å². The Balaban J connectivity index is 1.37. The van der Waals surface area contributed by atoms with Crippen LogP contribution in [0.3, 0.4) is 0 Å². The molecule has 0 aliphatic carbocycles. The Morgan fingerprint density at radius 1 is 1.03 bits per heavy atom. The molecule has 0 spiro atoms. The Hall–Kier alpha value is -3.38. The predicted octanol–water partition coefficient (Wildman–Crippen LogP) is 2.51. The van der Waals surface area contributed by atoms with Crippen LogP contribution in [0.25, 0.3) is 16.8 Å². The molecule has 1 aromatic carbocycles. The van der Waals surface area contributed by atoms with Crippen molar-refractivity contribution in [2.24, 2.45) is 0 Å². The number of aromatic nitrogens is 4. The van der Waals surface area contributed by atoms with Gasteiger partial charge in [-0.05, 0) is 55.1 Å². The van der Waals surface area contributed by atoms with Gasteiger partial charge in [0.1, 0.15) is 0 Å². The van der Waals surface area contributed by atoms with E-state index in [1.165, 1.54) is 5.69 Å². The first-order chi connectivity index (χ1) is 16.6. The maximum absolute atomic E-state index is 11.1. The largest absolute Gasteiger partial charge is 0.369 e. The van der Waals surface area contributed by atoms with Crippen LogP contribution in [0.15, 0.2) is 61.1 Å². The van der Waals surface area contributed by atoms with Gasteiger partial charge >= 0.3 is 0 Å². The number of nitrogens with zero attached hydrogens (tertiary/aromatic N) is 6. The molecule has 4 heterocycles. The summed E-state index contributed by atoms with van der Waals surface area (Å²) in [6, 6.07) is 14.0. The number of nitrogens with one attached hydrogen (secondary N) is 2. The SMILES string of the molecule is CN1CCN(c2ccc(Nc3ncc4ccc(-c5cnccc5CNS(=O)O)n4n3)cc2)CC1. The summed E-state index contributed by atoms with van der Waals surface area (Å²) in [5.41, 5.74) is 5.43. The molecule has 1 saturated heterocycles. The standard InChI is InChI=1S/C23H26N8O2S/c1-29-10-12-30(13-11-29)19-4-2-18(3-5-19)27-23-25-15-20-6-7-22(31(20)28-23)21-16-24-9-8-17(21)14-26-34(32)33/h2-9,15-16,26H,10-14H2,1H3,(H,27,28)(H,32,33). The van der Waals surface area contributed by atoms with E-state index in [0.29, 0.717) is 5.95 Å². The van der Waals surface area contributed by atoms with Crippen LogP contribution in [0.2, 0.25) is 0 Å². The van der Waals surface area contributed by atoms with Crippen molar-refractivity contribution in [3.05, 3.63) is 66.6 Å². The Labute approximate surface area is 200 Å². The Morgan fingerprint density at radius 3 is 2.59 bits per heavy atom. The molecule has 0 saturated carbocycles. The highest BCUT2D eigenvalue weighted by Gasteiger charge is 2.15. The average molecular weight is 479 g/mol. The van der Waals surface area contributed by atoms with E-state index in [1.54, 1.807) is 23.1 Å². The Morgan fingerprint density at radius 2 is 1.82 bits per heavy atom. The van der Waals surface area contributed by atoms with Crippen LogP contribution in [-0.4, -0.2) is 66.5 Å². The third-order valence-corrected chi connectivity index (χ3v) is 6.36. The number of hydrogen-bond acceptors (Lipinski definition) is 7. The van der Waals surface area contributed by atoms with Crippen LogP contribution < -0.4 is 14.9 Å². The van der Waals surface area contributed by atoms with Gasteiger partial charge in [0.25, 0.3) is 0 Å². The summed E-state index contributed by atoms with van der Waals surface area (Å²) in [5, 5.41) is 7.97. The van der Waals surface area contributed by atoms with Gasteiger partial charge < -0.3 is 15.1 Å². The van der Waals surface area contributed by atoms with Gasteiger partial charge in [0.15, 0.2) is 0 Å². The average Bonchev–Trinajstić information content (AvgIpc) is 3.27. The van der Waals surface area contributed by atoms with E-state index in [4.69, 9.17) is 4.55 Å². The summed E-state index contributed by atoms with van der Waals surface area (Å²) in [5.74, 6) is 0.470. The normalized spacial score (nSPS) is 15.5. The molecule has 11 heteroatoms. The molecule has 34 heavy (non-hydrogen) atoms. The lowest BCUT2D eigenvalue weighted by molar-refractivity contribution is 0.313. The van der Waals surface area contributed by atoms with E-state index in [0.717, 1.165) is 54.2 Å². The molecule has 1 aliphatic heterocycles. The molecule has 0 bridgehead atoms. The predicted molar refractivity (Wildman–Crippen MR) is 133 cm³/mol. The van der Waals surface area contributed by atoms with Gasteiger partial charge in [-0.1, -0.05) is 0 Å². The second kappa shape index (κ2) is 9.85. The number of anilines is 3. The maximum Gasteiger partial charge on any atom is 0.245 e. The molecule has 3 aromatic heterocycles. The zero-order valence-corrected chi connectivity index (χ0v) is 19.6. The second-order valence-electron chi connectivity index (χ2n) is 8.20. The lowest BCUT2D eigenvalue weighted by atomic mass is 10.1. The molecule has 176 valence electrons. The summed E-state index contributed by atoms with van der Waals surface area (Å²) in [6.45, 7) is 4.42. The van der Waals surface area contributed by atoms with Crippen molar-refractivity contribution in [3.63, 3.8) is 0 Å². The summed E-state index contributed by atoms with van der Waals surface area (Å²) >= 11 is -2.10. The van der Waals surface area contributed by atoms with E-state index in [-0.39, 0.29) is 6.54 Å². The van der Waals surface area contributed by atoms with Gasteiger partial charge in [-0.2, -0.15) is 0 Å². The summed E-state index contributed by atoms with van der Waals surface area (Å²) < 4.78 is 24.5. The minimum atomic E-state index is -2.10. The second-order valence-corrected chi connectivity index (χ2v) is 8.99. The van der Waals surface area contributed by atoms with E-state index in [2.05, 4.69) is 54.1 Å². The molecule has 1 aliphatic rings. The number of rotatable bonds is 7. The molecule has 0 radical (unpaired) electrons. The minimum Gasteiger partial charge on any atom is -0.369 e. The van der Waals surface area contributed by atoms with E-state index < -0.39 is 11.3 Å². The highest BCUT2D eigenvalue weighted by atomic mass is 32.2. The van der Waals surface area contributed by atoms with Crippen LogP contribution in [-0.2, 0) is 17.8 Å². The number of fused-ring (bicyclic) bond motifs is 1. The van der Waals surface area contributed by atoms with Gasteiger partial charge in [-0.15, -0.1) is 5.10 Å². The molecule has 1 unspecified atom stereocenters. The Bertz CT molecular complexity index is 1300. The summed E-state index contributed by atoms with van der Waals surface area (Å²) in [7, 11) is 2.15. The lowest BCUT2D eigenvalue weighted by Gasteiger charge is -2.34. The summed E-state index contributed by atoms with van der Waals surface area (Å²) in [4.78, 5) is 13.4. The first kappa shape index (κ1) is 22.4. The molecule has 1 atom stereocenters. The number of hydrogen-bond donors (Lipinski definition) is 3. The number of benzene rings is 1. The number of pyridine rings is 1. The van der Waals surface area contributed by atoms with Crippen molar-refractivity contribution in [2.45, 2.75) is 6.54 Å². The summed E-state index contributed by atoms with van der Waals surface area (Å²) in [6.07, 6.45) is 5.14. The van der Waals surface area contributed by atoms with Crippen LogP contribution in [0.5, 0.6) is 0 Å². The number of piperazine rings is 1. The monoisotopic (exact) mass is 478 g/mol. The van der Waals surface area contributed by atoms with Crippen molar-refractivity contribution in [3.8, 4) is 11.3 Å². The molecular weight excluding hydrogens is 452 g/mol. The Kier molecular flexibility index (Phi) is 6.50. The molecule has 1 fully saturated rings. The fraction of sp³-hybridized carbons (Fsp3) is 0.261. The fourth-order valence-corrected chi connectivity index (χ4v) is 4.34. The van der Waals surface area contributed by atoms with Crippen LogP contribution in [0.1, 0.15) is 5.56 Å². The van der Waals surface area contributed by atoms with Crippen molar-refractivity contribution in [1.82, 2.24) is 29.2 Å². The van der Waals surface area contributed by atoms with E-state index in [1.807, 2.05) is 30.3 Å². The van der Waals surface area contributed by atoms with Crippen molar-refractivity contribution in [2.75, 3.05) is 43.4 Å². The highest BCUT2D eigenvalue weighted by molar-refractivity contribution is 7.77. The topological polar surface area (TPSA) is 111 Å². The molecular formula is C23H26N8O2S. The third-order valence-electron chi connectivity index (χ3n) is 5.96. The van der Waals surface area contributed by atoms with Crippen LogP contribution in [0.4, 0.5) is 17.3 Å². The maximum atomic E-state index is 11.1. The fourth-order valence-electron chi connectivity index (χ4n) is 4.06. The smallest absolute Gasteiger partial charge is 0.245 e. The molecule has 4 aromatic rings. The highest BCUT2D eigenvalue weighted by Crippen LogP contribution is 2.26. The van der Waals surface area contributed by atoms with E-state index >= 15 is 0 Å². The van der Waals surface area contributed by atoms with Crippen molar-refractivity contribution < 1.29 is 8.76 Å². The first-order valence-corrected chi connectivity index (χ1v) is 12.1. The lowest BCUT2D eigenvalue weighted by Crippen LogP contribution is -2.44. The van der Waals surface area contributed by atoms with Crippen molar-refractivity contribution >= 4 is 34.1 Å². The van der Waals surface area contributed by atoms with Crippen LogP contribution in [0, 0.1) is 0 Å². The zero-order valence-electron chi connectivity index (χ0n) is 18.8. The molecule has 3 N–H and O–H groups in total. The third kappa shape index (κ3) is 4.92. The van der Waals surface area contributed by atoms with Gasteiger partial charge in [0.05, 0.1) is 17.4 Å². The van der Waals surface area contributed by atoms with E-state index in [9.17, 15) is 4.21 Å². The molecule has 5 rings (SSSR count). The van der Waals surface area contributed by atoms with Crippen LogP contribution >= 0.6 is 0 Å². The molecule has 10 nitrogen and oxygen atoms in total. The van der Waals surface area contributed by atoms with Gasteiger partial charge in [-0.25, -0.2) is 18.4 Å². The molecule has 0 amide bonds. The number of likely N-dealkylation sites (N-methyl/N-ethyl adjacent to an activating group) is 1.